The van der Waals surface area contributed by atoms with Crippen LogP contribution < -0.4 is 4.74 Å². The minimum absolute atomic E-state index is 0.0407. The highest BCUT2D eigenvalue weighted by Crippen LogP contribution is 2.37. The number of rotatable bonds is 6. The molecule has 2 atom stereocenters. The van der Waals surface area contributed by atoms with Crippen molar-refractivity contribution in [2.75, 3.05) is 33.8 Å². The molecule has 7 heteroatoms. The lowest BCUT2D eigenvalue weighted by Crippen LogP contribution is -2.36. The molecule has 3 rings (SSSR count). The van der Waals surface area contributed by atoms with Crippen molar-refractivity contribution in [1.82, 2.24) is 9.21 Å². The molecule has 0 bridgehead atoms. The molecule has 1 amide bonds. The van der Waals surface area contributed by atoms with Crippen molar-refractivity contribution in [2.24, 2.45) is 5.92 Å². The summed E-state index contributed by atoms with van der Waals surface area (Å²) in [6.07, 6.45) is 0. The molecule has 150 valence electrons. The average molecular weight is 403 g/mol. The number of carbonyl (C=O) groups excluding carboxylic acids is 1. The summed E-state index contributed by atoms with van der Waals surface area (Å²) in [6.45, 7) is 2.91. The van der Waals surface area contributed by atoms with Gasteiger partial charge in [-0.1, -0.05) is 30.3 Å². The van der Waals surface area contributed by atoms with Gasteiger partial charge in [-0.3, -0.25) is 4.79 Å². The topological polar surface area (TPSA) is 66.9 Å². The van der Waals surface area contributed by atoms with Gasteiger partial charge in [-0.15, -0.1) is 0 Å². The molecule has 2 aromatic carbocycles. The van der Waals surface area contributed by atoms with Gasteiger partial charge in [-0.05, 0) is 36.8 Å². The fraction of sp³-hybridized carbons (Fsp3) is 0.381. The Morgan fingerprint density at radius 3 is 2.50 bits per heavy atom. The molecule has 6 nitrogen and oxygen atoms in total. The van der Waals surface area contributed by atoms with E-state index in [9.17, 15) is 13.2 Å². The van der Waals surface area contributed by atoms with E-state index in [1.165, 1.54) is 4.31 Å². The predicted octanol–water partition coefficient (Wildman–Crippen LogP) is 2.58. The van der Waals surface area contributed by atoms with Gasteiger partial charge in [0, 0.05) is 32.6 Å². The van der Waals surface area contributed by atoms with Crippen molar-refractivity contribution >= 4 is 15.9 Å². The molecular weight excluding hydrogens is 376 g/mol. The van der Waals surface area contributed by atoms with Gasteiger partial charge in [0.2, 0.25) is 15.9 Å². The molecule has 0 spiro atoms. The van der Waals surface area contributed by atoms with E-state index in [4.69, 9.17) is 4.74 Å². The normalized spacial score (nSPS) is 20.1. The molecule has 1 saturated heterocycles. The molecule has 0 radical (unpaired) electrons. The lowest BCUT2D eigenvalue weighted by molar-refractivity contribution is -0.133. The van der Waals surface area contributed by atoms with Crippen molar-refractivity contribution in [3.05, 3.63) is 60.2 Å². The van der Waals surface area contributed by atoms with Gasteiger partial charge in [-0.2, -0.15) is 4.31 Å². The van der Waals surface area contributed by atoms with Crippen LogP contribution in [0.2, 0.25) is 0 Å². The van der Waals surface area contributed by atoms with E-state index in [0.717, 1.165) is 5.56 Å². The predicted molar refractivity (Wildman–Crippen MR) is 108 cm³/mol. The lowest BCUT2D eigenvalue weighted by Gasteiger charge is -2.23. The molecule has 1 aliphatic rings. The van der Waals surface area contributed by atoms with Crippen LogP contribution in [0.25, 0.3) is 0 Å². The molecule has 0 saturated carbocycles. The third kappa shape index (κ3) is 3.91. The van der Waals surface area contributed by atoms with Crippen LogP contribution in [0.3, 0.4) is 0 Å². The third-order valence-corrected chi connectivity index (χ3v) is 7.20. The van der Waals surface area contributed by atoms with Gasteiger partial charge in [-0.25, -0.2) is 8.42 Å². The lowest BCUT2D eigenvalue weighted by atomic mass is 9.88. The van der Waals surface area contributed by atoms with E-state index in [1.54, 1.807) is 49.4 Å². The molecule has 2 unspecified atom stereocenters. The van der Waals surface area contributed by atoms with Gasteiger partial charge in [0.15, 0.2) is 0 Å². The van der Waals surface area contributed by atoms with Crippen molar-refractivity contribution in [1.29, 1.82) is 0 Å². The first-order valence-electron chi connectivity index (χ1n) is 9.32. The van der Waals surface area contributed by atoms with Crippen molar-refractivity contribution < 1.29 is 17.9 Å². The molecule has 28 heavy (non-hydrogen) atoms. The number of hydrogen-bond acceptors (Lipinski definition) is 4. The number of sulfonamides is 1. The summed E-state index contributed by atoms with van der Waals surface area (Å²) in [5.41, 5.74) is 0.910. The monoisotopic (exact) mass is 402 g/mol. The number of nitrogens with zero attached hydrogens (tertiary/aromatic N) is 2. The fourth-order valence-corrected chi connectivity index (χ4v) is 5.12. The number of benzene rings is 2. The van der Waals surface area contributed by atoms with Crippen LogP contribution in [-0.4, -0.2) is 57.3 Å². The summed E-state index contributed by atoms with van der Waals surface area (Å²) < 4.78 is 33.0. The zero-order valence-corrected chi connectivity index (χ0v) is 17.2. The van der Waals surface area contributed by atoms with E-state index in [1.807, 2.05) is 31.2 Å². The summed E-state index contributed by atoms with van der Waals surface area (Å²) in [5.74, 6) is -0.0105. The highest BCUT2D eigenvalue weighted by molar-refractivity contribution is 7.89. The van der Waals surface area contributed by atoms with Crippen LogP contribution in [-0.2, 0) is 14.8 Å². The zero-order chi connectivity index (χ0) is 20.3. The second kappa shape index (κ2) is 8.32. The maximum Gasteiger partial charge on any atom is 0.243 e. The number of hydrogen-bond donors (Lipinski definition) is 0. The Labute approximate surface area is 166 Å². The Morgan fingerprint density at radius 2 is 1.86 bits per heavy atom. The number of carbonyl (C=O) groups is 1. The van der Waals surface area contributed by atoms with Crippen LogP contribution in [0.4, 0.5) is 0 Å². The van der Waals surface area contributed by atoms with Crippen LogP contribution in [0.5, 0.6) is 5.75 Å². The molecule has 1 aliphatic heterocycles. The Bertz CT molecular complexity index is 930. The van der Waals surface area contributed by atoms with Crippen LogP contribution >= 0.6 is 0 Å². The van der Waals surface area contributed by atoms with Gasteiger partial charge in [0.1, 0.15) is 5.75 Å². The number of ether oxygens (including phenoxy) is 1. The highest BCUT2D eigenvalue weighted by Gasteiger charge is 2.44. The first kappa shape index (κ1) is 20.4. The van der Waals surface area contributed by atoms with Gasteiger partial charge in [0.05, 0.1) is 17.9 Å². The van der Waals surface area contributed by atoms with E-state index in [0.29, 0.717) is 12.3 Å². The molecule has 2 aromatic rings. The van der Waals surface area contributed by atoms with E-state index in [-0.39, 0.29) is 29.8 Å². The Balaban J connectivity index is 1.98. The quantitative estimate of drug-likeness (QED) is 0.745. The number of amides is 1. The SMILES string of the molecule is CCN(C)C(=O)C1CN(S(=O)(=O)c2ccccc2)CC1c1cccc(OC)c1. The molecular formula is C21H26N2O4S. The summed E-state index contributed by atoms with van der Waals surface area (Å²) in [6, 6.07) is 15.9. The van der Waals surface area contributed by atoms with Gasteiger partial charge < -0.3 is 9.64 Å². The Hall–Kier alpha value is -2.38. The van der Waals surface area contributed by atoms with Crippen LogP contribution in [0.15, 0.2) is 59.5 Å². The van der Waals surface area contributed by atoms with Crippen molar-refractivity contribution in [3.63, 3.8) is 0 Å². The third-order valence-electron chi connectivity index (χ3n) is 5.36. The standard InChI is InChI=1S/C21H26N2O4S/c1-4-22(2)21(24)20-15-23(28(25,26)18-11-6-5-7-12-18)14-19(20)16-9-8-10-17(13-16)27-3/h5-13,19-20H,4,14-15H2,1-3H3. The number of methoxy groups -OCH3 is 1. The zero-order valence-electron chi connectivity index (χ0n) is 16.4. The van der Waals surface area contributed by atoms with E-state index in [2.05, 4.69) is 0 Å². The molecule has 0 N–H and O–H groups in total. The Kier molecular flexibility index (Phi) is 6.05. The Morgan fingerprint density at radius 1 is 1.14 bits per heavy atom. The van der Waals surface area contributed by atoms with E-state index < -0.39 is 15.9 Å². The minimum atomic E-state index is -3.66. The average Bonchev–Trinajstić information content (AvgIpc) is 3.19. The van der Waals surface area contributed by atoms with Crippen LogP contribution in [0.1, 0.15) is 18.4 Å². The minimum Gasteiger partial charge on any atom is -0.497 e. The summed E-state index contributed by atoms with van der Waals surface area (Å²) in [7, 11) is -0.323. The summed E-state index contributed by atoms with van der Waals surface area (Å²) >= 11 is 0. The first-order valence-corrected chi connectivity index (χ1v) is 10.8. The second-order valence-corrected chi connectivity index (χ2v) is 8.92. The van der Waals surface area contributed by atoms with Crippen molar-refractivity contribution in [2.45, 2.75) is 17.7 Å². The highest BCUT2D eigenvalue weighted by atomic mass is 32.2. The van der Waals surface area contributed by atoms with Gasteiger partial charge in [0.25, 0.3) is 0 Å². The molecule has 1 heterocycles. The molecule has 0 aromatic heterocycles. The van der Waals surface area contributed by atoms with Gasteiger partial charge >= 0.3 is 0 Å². The first-order chi connectivity index (χ1) is 13.4. The molecule has 1 fully saturated rings. The maximum atomic E-state index is 13.1. The summed E-state index contributed by atoms with van der Waals surface area (Å²) in [5, 5.41) is 0. The van der Waals surface area contributed by atoms with E-state index >= 15 is 0 Å². The largest absolute Gasteiger partial charge is 0.497 e. The fourth-order valence-electron chi connectivity index (χ4n) is 3.60. The van der Waals surface area contributed by atoms with Crippen molar-refractivity contribution in [3.8, 4) is 5.75 Å². The summed E-state index contributed by atoms with van der Waals surface area (Å²) in [4.78, 5) is 14.9. The molecule has 0 aliphatic carbocycles. The van der Waals surface area contributed by atoms with Crippen LogP contribution in [0, 0.1) is 5.92 Å². The second-order valence-electron chi connectivity index (χ2n) is 6.98. The smallest absolute Gasteiger partial charge is 0.243 e. The maximum absolute atomic E-state index is 13.1.